The second-order valence-corrected chi connectivity index (χ2v) is 3.89. The fourth-order valence-electron chi connectivity index (χ4n) is 1.49. The number of aromatic nitrogens is 6. The molecule has 4 N–H and O–H groups in total. The quantitative estimate of drug-likeness (QED) is 0.335. The van der Waals surface area contributed by atoms with Gasteiger partial charge in [-0.3, -0.25) is 5.43 Å². The van der Waals surface area contributed by atoms with Crippen LogP contribution in [0.5, 0.6) is 0 Å². The Hall–Kier alpha value is -2.33. The van der Waals surface area contributed by atoms with Crippen LogP contribution in [0.15, 0.2) is 12.7 Å². The summed E-state index contributed by atoms with van der Waals surface area (Å²) in [6.45, 7) is 1.47. The molecular formula is C10H17N9O. The fraction of sp³-hybridized carbons (Fsp3) is 0.500. The van der Waals surface area contributed by atoms with Crippen LogP contribution in [0.2, 0.25) is 0 Å². The third-order valence-electron chi connectivity index (χ3n) is 2.43. The predicted octanol–water partition coefficient (Wildman–Crippen LogP) is -0.424. The van der Waals surface area contributed by atoms with Crippen molar-refractivity contribution in [2.45, 2.75) is 12.8 Å². The number of nitrogen functional groups attached to an aromatic ring is 1. The number of unbranched alkanes of at least 4 members (excludes halogenated alkanes) is 1. The third kappa shape index (κ3) is 3.83. The Labute approximate surface area is 115 Å². The molecule has 10 nitrogen and oxygen atoms in total. The van der Waals surface area contributed by atoms with E-state index >= 15 is 0 Å². The number of nitrogens with zero attached hydrogens (tertiary/aromatic N) is 6. The lowest BCUT2D eigenvalue weighted by atomic mass is 10.3. The SMILES string of the molecule is COCCCCNc1nc(NN)nc(-n2cncn2)n1. The molecule has 0 spiro atoms. The van der Waals surface area contributed by atoms with Gasteiger partial charge < -0.3 is 10.1 Å². The number of anilines is 2. The Morgan fingerprint density at radius 2 is 2.10 bits per heavy atom. The topological polar surface area (TPSA) is 129 Å². The number of hydrogen-bond donors (Lipinski definition) is 3. The summed E-state index contributed by atoms with van der Waals surface area (Å²) in [5.41, 5.74) is 2.40. The van der Waals surface area contributed by atoms with Gasteiger partial charge in [0.15, 0.2) is 0 Å². The third-order valence-corrected chi connectivity index (χ3v) is 2.43. The van der Waals surface area contributed by atoms with Crippen molar-refractivity contribution >= 4 is 11.9 Å². The van der Waals surface area contributed by atoms with E-state index in [1.165, 1.54) is 17.3 Å². The van der Waals surface area contributed by atoms with Gasteiger partial charge in [-0.2, -0.15) is 24.7 Å². The van der Waals surface area contributed by atoms with E-state index in [1.54, 1.807) is 7.11 Å². The van der Waals surface area contributed by atoms with Crippen LogP contribution in [0, 0.1) is 0 Å². The lowest BCUT2D eigenvalue weighted by Crippen LogP contribution is -2.16. The van der Waals surface area contributed by atoms with Crippen molar-refractivity contribution in [3.05, 3.63) is 12.7 Å². The zero-order valence-electron chi connectivity index (χ0n) is 11.2. The highest BCUT2D eigenvalue weighted by atomic mass is 16.5. The molecule has 2 heterocycles. The average Bonchev–Trinajstić information content (AvgIpc) is 3.01. The van der Waals surface area contributed by atoms with Crippen LogP contribution in [0.3, 0.4) is 0 Å². The molecule has 2 aromatic heterocycles. The van der Waals surface area contributed by atoms with Crippen molar-refractivity contribution < 1.29 is 4.74 Å². The molecule has 0 aromatic carbocycles. The molecule has 0 radical (unpaired) electrons. The molecule has 0 unspecified atom stereocenters. The maximum Gasteiger partial charge on any atom is 0.258 e. The molecule has 2 aromatic rings. The minimum Gasteiger partial charge on any atom is -0.385 e. The van der Waals surface area contributed by atoms with E-state index in [9.17, 15) is 0 Å². The molecule has 0 amide bonds. The van der Waals surface area contributed by atoms with Crippen LogP contribution in [-0.2, 0) is 4.74 Å². The number of nitrogens with one attached hydrogen (secondary N) is 2. The minimum atomic E-state index is 0.255. The van der Waals surface area contributed by atoms with E-state index in [4.69, 9.17) is 10.6 Å². The molecule has 0 bridgehead atoms. The van der Waals surface area contributed by atoms with E-state index in [-0.39, 0.29) is 5.95 Å². The van der Waals surface area contributed by atoms with E-state index < -0.39 is 0 Å². The number of hydrogen-bond acceptors (Lipinski definition) is 9. The van der Waals surface area contributed by atoms with E-state index in [0.29, 0.717) is 11.9 Å². The van der Waals surface area contributed by atoms with Crippen LogP contribution < -0.4 is 16.6 Å². The van der Waals surface area contributed by atoms with Gasteiger partial charge in [-0.1, -0.05) is 0 Å². The van der Waals surface area contributed by atoms with Crippen LogP contribution in [0.1, 0.15) is 12.8 Å². The number of rotatable bonds is 8. The van der Waals surface area contributed by atoms with Crippen LogP contribution in [-0.4, -0.2) is 50.0 Å². The van der Waals surface area contributed by atoms with Gasteiger partial charge in [-0.05, 0) is 12.8 Å². The number of methoxy groups -OCH3 is 1. The van der Waals surface area contributed by atoms with Gasteiger partial charge in [0.05, 0.1) is 0 Å². The molecule has 0 aliphatic rings. The normalized spacial score (nSPS) is 10.5. The maximum absolute atomic E-state index is 5.34. The molecule has 0 saturated carbocycles. The largest absolute Gasteiger partial charge is 0.385 e. The molecule has 20 heavy (non-hydrogen) atoms. The number of ether oxygens (including phenoxy) is 1. The summed E-state index contributed by atoms with van der Waals surface area (Å²) >= 11 is 0. The summed E-state index contributed by atoms with van der Waals surface area (Å²) in [6.07, 6.45) is 4.81. The molecule has 2 rings (SSSR count). The first-order valence-corrected chi connectivity index (χ1v) is 6.14. The van der Waals surface area contributed by atoms with Crippen molar-refractivity contribution in [3.8, 4) is 5.95 Å². The number of nitrogens with two attached hydrogens (primary N) is 1. The van der Waals surface area contributed by atoms with Gasteiger partial charge in [0.25, 0.3) is 5.95 Å². The highest BCUT2D eigenvalue weighted by Gasteiger charge is 2.07. The Morgan fingerprint density at radius 3 is 2.80 bits per heavy atom. The monoisotopic (exact) mass is 279 g/mol. The summed E-state index contributed by atoms with van der Waals surface area (Å²) in [5, 5.41) is 7.07. The molecule has 0 aliphatic carbocycles. The highest BCUT2D eigenvalue weighted by Crippen LogP contribution is 2.07. The summed E-state index contributed by atoms with van der Waals surface area (Å²) in [4.78, 5) is 16.3. The zero-order valence-corrected chi connectivity index (χ0v) is 11.2. The van der Waals surface area contributed by atoms with Gasteiger partial charge in [-0.15, -0.1) is 0 Å². The van der Waals surface area contributed by atoms with Crippen molar-refractivity contribution in [3.63, 3.8) is 0 Å². The van der Waals surface area contributed by atoms with Crippen molar-refractivity contribution in [2.75, 3.05) is 31.0 Å². The van der Waals surface area contributed by atoms with Crippen molar-refractivity contribution in [1.29, 1.82) is 0 Å². The zero-order chi connectivity index (χ0) is 14.2. The Morgan fingerprint density at radius 1 is 1.25 bits per heavy atom. The first-order valence-electron chi connectivity index (χ1n) is 6.14. The lowest BCUT2D eigenvalue weighted by molar-refractivity contribution is 0.193. The summed E-state index contributed by atoms with van der Waals surface area (Å²) in [5.74, 6) is 6.36. The van der Waals surface area contributed by atoms with Crippen LogP contribution in [0.25, 0.3) is 5.95 Å². The van der Waals surface area contributed by atoms with Crippen LogP contribution >= 0.6 is 0 Å². The molecular weight excluding hydrogens is 262 g/mol. The lowest BCUT2D eigenvalue weighted by Gasteiger charge is -2.08. The molecule has 0 atom stereocenters. The Balaban J connectivity index is 2.03. The van der Waals surface area contributed by atoms with Gasteiger partial charge in [0.1, 0.15) is 12.7 Å². The van der Waals surface area contributed by atoms with Gasteiger partial charge in [0, 0.05) is 20.3 Å². The van der Waals surface area contributed by atoms with Gasteiger partial charge >= 0.3 is 0 Å². The second-order valence-electron chi connectivity index (χ2n) is 3.89. The van der Waals surface area contributed by atoms with Crippen molar-refractivity contribution in [1.82, 2.24) is 29.7 Å². The molecule has 10 heteroatoms. The van der Waals surface area contributed by atoms with E-state index in [1.807, 2.05) is 0 Å². The maximum atomic E-state index is 5.34. The smallest absolute Gasteiger partial charge is 0.258 e. The second kappa shape index (κ2) is 7.31. The highest BCUT2D eigenvalue weighted by molar-refractivity contribution is 5.36. The Bertz CT molecular complexity index is 515. The van der Waals surface area contributed by atoms with Gasteiger partial charge in [0.2, 0.25) is 11.9 Å². The van der Waals surface area contributed by atoms with E-state index in [0.717, 1.165) is 26.0 Å². The van der Waals surface area contributed by atoms with Gasteiger partial charge in [-0.25, -0.2) is 10.8 Å². The predicted molar refractivity (Wildman–Crippen MR) is 72.2 cm³/mol. The first-order chi connectivity index (χ1) is 9.83. The summed E-state index contributed by atoms with van der Waals surface area (Å²) in [6, 6.07) is 0. The van der Waals surface area contributed by atoms with E-state index in [2.05, 4.69) is 35.8 Å². The average molecular weight is 279 g/mol. The standard InChI is InChI=1S/C10H17N9O/c1-20-5-3-2-4-13-8-15-9(18-11)17-10(16-8)19-7-12-6-14-19/h6-7H,2-5,11H2,1H3,(H2,13,15,16,17,18). The van der Waals surface area contributed by atoms with Crippen LogP contribution in [0.4, 0.5) is 11.9 Å². The first kappa shape index (κ1) is 14.1. The summed E-state index contributed by atoms with van der Waals surface area (Å²) in [7, 11) is 1.68. The fourth-order valence-corrected chi connectivity index (χ4v) is 1.49. The Kier molecular flexibility index (Phi) is 5.15. The molecule has 108 valence electrons. The minimum absolute atomic E-state index is 0.255. The van der Waals surface area contributed by atoms with Crippen molar-refractivity contribution in [2.24, 2.45) is 5.84 Å². The number of hydrazine groups is 1. The molecule has 0 aliphatic heterocycles. The molecule has 0 saturated heterocycles. The molecule has 0 fully saturated rings. The summed E-state index contributed by atoms with van der Waals surface area (Å²) < 4.78 is 6.41.